The van der Waals surface area contributed by atoms with E-state index in [0.29, 0.717) is 13.0 Å². The summed E-state index contributed by atoms with van der Waals surface area (Å²) in [6.45, 7) is 0.485. The summed E-state index contributed by atoms with van der Waals surface area (Å²) < 4.78 is 13.8. The van der Waals surface area contributed by atoms with Gasteiger partial charge in [-0.3, -0.25) is 4.79 Å². The van der Waals surface area contributed by atoms with Crippen LogP contribution >= 0.6 is 0 Å². The maximum Gasteiger partial charge on any atom is 0.338 e. The van der Waals surface area contributed by atoms with Gasteiger partial charge in [0.2, 0.25) is 6.79 Å². The van der Waals surface area contributed by atoms with E-state index in [0.717, 1.165) is 6.42 Å². The molecule has 0 aromatic rings. The third-order valence-electron chi connectivity index (χ3n) is 1.53. The number of ether oxygens (including phenoxy) is 3. The molecular formula is C7H10O5. The topological polar surface area (TPSA) is 61.8 Å². The minimum Gasteiger partial charge on any atom is -0.430 e. The van der Waals surface area contributed by atoms with E-state index in [2.05, 4.69) is 9.47 Å². The lowest BCUT2D eigenvalue weighted by Crippen LogP contribution is -2.23. The normalized spacial score (nSPS) is 21.8. The largest absolute Gasteiger partial charge is 0.430 e. The maximum atomic E-state index is 11.0. The standard InChI is InChI=1S/C7H10O5/c8-4-10-5-12-7(9)6-2-1-3-11-6/h4,6H,1-3,5H2. The zero-order valence-corrected chi connectivity index (χ0v) is 6.52. The van der Waals surface area contributed by atoms with Crippen LogP contribution in [0.1, 0.15) is 12.8 Å². The first-order valence-electron chi connectivity index (χ1n) is 3.68. The summed E-state index contributed by atoms with van der Waals surface area (Å²) in [4.78, 5) is 20.6. The number of hydrogen-bond acceptors (Lipinski definition) is 5. The molecule has 0 aromatic heterocycles. The Morgan fingerprint density at radius 2 is 2.50 bits per heavy atom. The molecule has 1 heterocycles. The molecule has 1 saturated heterocycles. The molecule has 5 nitrogen and oxygen atoms in total. The van der Waals surface area contributed by atoms with Gasteiger partial charge in [0.25, 0.3) is 6.47 Å². The molecule has 12 heavy (non-hydrogen) atoms. The molecule has 1 aliphatic rings. The van der Waals surface area contributed by atoms with Crippen molar-refractivity contribution in [3.8, 4) is 0 Å². The van der Waals surface area contributed by atoms with Gasteiger partial charge in [-0.05, 0) is 12.8 Å². The SMILES string of the molecule is O=COCOC(=O)C1CCCO1. The van der Waals surface area contributed by atoms with Crippen molar-refractivity contribution in [2.45, 2.75) is 18.9 Å². The van der Waals surface area contributed by atoms with Crippen LogP contribution < -0.4 is 0 Å². The van der Waals surface area contributed by atoms with E-state index in [9.17, 15) is 9.59 Å². The van der Waals surface area contributed by atoms with Gasteiger partial charge >= 0.3 is 5.97 Å². The van der Waals surface area contributed by atoms with Crippen LogP contribution in [0.15, 0.2) is 0 Å². The molecule has 0 aliphatic carbocycles. The van der Waals surface area contributed by atoms with E-state index >= 15 is 0 Å². The van der Waals surface area contributed by atoms with Crippen molar-refractivity contribution in [3.63, 3.8) is 0 Å². The second-order valence-corrected chi connectivity index (χ2v) is 2.35. The van der Waals surface area contributed by atoms with E-state index in [-0.39, 0.29) is 13.3 Å². The predicted octanol–water partition coefficient (Wildman–Crippen LogP) is -0.161. The first kappa shape index (κ1) is 8.99. The van der Waals surface area contributed by atoms with Crippen molar-refractivity contribution in [2.75, 3.05) is 13.4 Å². The molecule has 0 spiro atoms. The molecule has 0 radical (unpaired) electrons. The van der Waals surface area contributed by atoms with Gasteiger partial charge in [0.15, 0.2) is 6.10 Å². The van der Waals surface area contributed by atoms with Crippen molar-refractivity contribution in [2.24, 2.45) is 0 Å². The number of carbonyl (C=O) groups is 2. The van der Waals surface area contributed by atoms with Gasteiger partial charge in [-0.25, -0.2) is 4.79 Å². The Bertz CT molecular complexity index is 161. The molecular weight excluding hydrogens is 164 g/mol. The second kappa shape index (κ2) is 4.71. The monoisotopic (exact) mass is 174 g/mol. The Balaban J connectivity index is 2.14. The van der Waals surface area contributed by atoms with Crippen molar-refractivity contribution in [1.82, 2.24) is 0 Å². The van der Waals surface area contributed by atoms with Crippen molar-refractivity contribution >= 4 is 12.4 Å². The molecule has 0 bridgehead atoms. The summed E-state index contributed by atoms with van der Waals surface area (Å²) in [6.07, 6.45) is 1.08. The maximum absolute atomic E-state index is 11.0. The van der Waals surface area contributed by atoms with Gasteiger partial charge in [-0.1, -0.05) is 0 Å². The molecule has 68 valence electrons. The van der Waals surface area contributed by atoms with Crippen LogP contribution in [0.3, 0.4) is 0 Å². The zero-order valence-electron chi connectivity index (χ0n) is 6.52. The van der Waals surface area contributed by atoms with Crippen molar-refractivity contribution < 1.29 is 23.8 Å². The van der Waals surface area contributed by atoms with Gasteiger partial charge in [0.05, 0.1) is 0 Å². The Kier molecular flexibility index (Phi) is 3.53. The number of hydrogen-bond donors (Lipinski definition) is 0. The molecule has 1 unspecified atom stereocenters. The Morgan fingerprint density at radius 3 is 3.08 bits per heavy atom. The lowest BCUT2D eigenvalue weighted by atomic mass is 10.2. The average molecular weight is 174 g/mol. The smallest absolute Gasteiger partial charge is 0.338 e. The van der Waals surface area contributed by atoms with Gasteiger partial charge in [-0.2, -0.15) is 0 Å². The highest BCUT2D eigenvalue weighted by molar-refractivity contribution is 5.74. The summed E-state index contributed by atoms with van der Waals surface area (Å²) in [5, 5.41) is 0. The molecule has 0 amide bonds. The van der Waals surface area contributed by atoms with E-state index in [4.69, 9.17) is 4.74 Å². The fraction of sp³-hybridized carbons (Fsp3) is 0.714. The van der Waals surface area contributed by atoms with Gasteiger partial charge in [0, 0.05) is 6.61 Å². The summed E-state index contributed by atoms with van der Waals surface area (Å²) in [7, 11) is 0. The Hall–Kier alpha value is -1.10. The van der Waals surface area contributed by atoms with Crippen LogP contribution in [0.25, 0.3) is 0 Å². The predicted molar refractivity (Wildman–Crippen MR) is 37.1 cm³/mol. The van der Waals surface area contributed by atoms with Gasteiger partial charge < -0.3 is 14.2 Å². The fourth-order valence-electron chi connectivity index (χ4n) is 0.976. The van der Waals surface area contributed by atoms with Crippen LogP contribution in [0.2, 0.25) is 0 Å². The van der Waals surface area contributed by atoms with E-state index in [1.165, 1.54) is 0 Å². The van der Waals surface area contributed by atoms with Crippen LogP contribution in [0.4, 0.5) is 0 Å². The molecule has 1 atom stereocenters. The van der Waals surface area contributed by atoms with Crippen molar-refractivity contribution in [3.05, 3.63) is 0 Å². The number of esters is 1. The van der Waals surface area contributed by atoms with E-state index in [1.807, 2.05) is 0 Å². The second-order valence-electron chi connectivity index (χ2n) is 2.35. The zero-order chi connectivity index (χ0) is 8.81. The molecule has 0 aromatic carbocycles. The quantitative estimate of drug-likeness (QED) is 0.256. The van der Waals surface area contributed by atoms with Crippen molar-refractivity contribution in [1.29, 1.82) is 0 Å². The third kappa shape index (κ3) is 2.50. The van der Waals surface area contributed by atoms with E-state index in [1.54, 1.807) is 0 Å². The highest BCUT2D eigenvalue weighted by atomic mass is 16.7. The minimum absolute atomic E-state index is 0.225. The Labute approximate surface area is 69.6 Å². The Morgan fingerprint density at radius 1 is 1.67 bits per heavy atom. The average Bonchev–Trinajstić information content (AvgIpc) is 2.56. The van der Waals surface area contributed by atoms with E-state index < -0.39 is 12.1 Å². The summed E-state index contributed by atoms with van der Waals surface area (Å²) in [5.74, 6) is -0.464. The van der Waals surface area contributed by atoms with Gasteiger partial charge in [-0.15, -0.1) is 0 Å². The highest BCUT2D eigenvalue weighted by Gasteiger charge is 2.24. The highest BCUT2D eigenvalue weighted by Crippen LogP contribution is 2.12. The lowest BCUT2D eigenvalue weighted by Gasteiger charge is -2.07. The van der Waals surface area contributed by atoms with Crippen LogP contribution in [0, 0.1) is 0 Å². The number of rotatable bonds is 4. The summed E-state index contributed by atoms with van der Waals surface area (Å²) in [5.41, 5.74) is 0. The summed E-state index contributed by atoms with van der Waals surface area (Å²) >= 11 is 0. The molecule has 5 heteroatoms. The third-order valence-corrected chi connectivity index (χ3v) is 1.53. The molecule has 1 aliphatic heterocycles. The fourth-order valence-corrected chi connectivity index (χ4v) is 0.976. The van der Waals surface area contributed by atoms with Crippen LogP contribution in [-0.2, 0) is 23.8 Å². The lowest BCUT2D eigenvalue weighted by molar-refractivity contribution is -0.168. The minimum atomic E-state index is -0.472. The molecule has 1 rings (SSSR count). The molecule has 1 fully saturated rings. The molecule has 0 N–H and O–H groups in total. The van der Waals surface area contributed by atoms with Crippen LogP contribution in [0.5, 0.6) is 0 Å². The first-order chi connectivity index (χ1) is 5.84. The van der Waals surface area contributed by atoms with Crippen LogP contribution in [-0.4, -0.2) is 31.9 Å². The number of carbonyl (C=O) groups excluding carboxylic acids is 2. The molecule has 0 saturated carbocycles. The summed E-state index contributed by atoms with van der Waals surface area (Å²) in [6, 6.07) is 0. The van der Waals surface area contributed by atoms with Gasteiger partial charge in [0.1, 0.15) is 0 Å². The first-order valence-corrected chi connectivity index (χ1v) is 3.68.